The van der Waals surface area contributed by atoms with Crippen molar-refractivity contribution >= 4 is 15.9 Å². The quantitative estimate of drug-likeness (QED) is 0.744. The van der Waals surface area contributed by atoms with Gasteiger partial charge in [0.25, 0.3) is 0 Å². The lowest BCUT2D eigenvalue weighted by Gasteiger charge is -2.12. The molecule has 3 nitrogen and oxygen atoms in total. The van der Waals surface area contributed by atoms with Crippen LogP contribution in [-0.4, -0.2) is 15.8 Å². The van der Waals surface area contributed by atoms with Gasteiger partial charge in [-0.25, -0.2) is 0 Å². The van der Waals surface area contributed by atoms with Crippen LogP contribution >= 0.6 is 15.9 Å². The predicted octanol–water partition coefficient (Wildman–Crippen LogP) is 3.68. The Morgan fingerprint density at radius 3 is 2.56 bits per heavy atom. The Labute approximate surface area is 119 Å². The highest BCUT2D eigenvalue weighted by molar-refractivity contribution is 9.10. The Morgan fingerprint density at radius 2 is 2.00 bits per heavy atom. The summed E-state index contributed by atoms with van der Waals surface area (Å²) in [7, 11) is 0. The zero-order chi connectivity index (χ0) is 13.5. The van der Waals surface area contributed by atoms with Gasteiger partial charge in [-0.15, -0.1) is 0 Å². The maximum atomic E-state index is 6.23. The van der Waals surface area contributed by atoms with Crippen molar-refractivity contribution in [3.8, 4) is 0 Å². The summed E-state index contributed by atoms with van der Waals surface area (Å²) in [6, 6.07) is 0.250. The van der Waals surface area contributed by atoms with Crippen LogP contribution in [0.5, 0.6) is 0 Å². The molecule has 1 atom stereocenters. The predicted molar refractivity (Wildman–Crippen MR) is 80.8 cm³/mol. The topological polar surface area (TPSA) is 43.8 Å². The second-order valence-electron chi connectivity index (χ2n) is 4.84. The Bertz CT molecular complexity index is 360. The first-order chi connectivity index (χ1) is 8.63. The van der Waals surface area contributed by atoms with E-state index in [9.17, 15) is 0 Å². The number of aryl methyl sites for hydroxylation is 2. The molecule has 4 heteroatoms. The van der Waals surface area contributed by atoms with Gasteiger partial charge in [-0.3, -0.25) is 4.68 Å². The largest absolute Gasteiger partial charge is 0.327 e. The summed E-state index contributed by atoms with van der Waals surface area (Å²) >= 11 is 3.67. The van der Waals surface area contributed by atoms with Gasteiger partial charge in [-0.2, -0.15) is 5.10 Å². The fraction of sp³-hybridized carbons (Fsp3) is 0.786. The van der Waals surface area contributed by atoms with Gasteiger partial charge in [0.2, 0.25) is 0 Å². The molecule has 0 fully saturated rings. The normalized spacial score (nSPS) is 12.9. The van der Waals surface area contributed by atoms with E-state index in [2.05, 4.69) is 46.5 Å². The van der Waals surface area contributed by atoms with E-state index < -0.39 is 0 Å². The van der Waals surface area contributed by atoms with Crippen LogP contribution in [0.2, 0.25) is 0 Å². The van der Waals surface area contributed by atoms with Crippen molar-refractivity contribution in [1.29, 1.82) is 0 Å². The fourth-order valence-corrected chi connectivity index (χ4v) is 2.95. The molecule has 0 aliphatic heterocycles. The molecule has 0 aliphatic carbocycles. The standard InChI is InChI=1S/C14H26BrN3/c1-4-7-8-9-11(16)10-13-14(15)12(5-2)17-18(13)6-3/h11H,4-10,16H2,1-3H3. The van der Waals surface area contributed by atoms with Crippen molar-refractivity contribution in [2.75, 3.05) is 0 Å². The van der Waals surface area contributed by atoms with Crippen LogP contribution in [0.1, 0.15) is 57.8 Å². The fourth-order valence-electron chi connectivity index (χ4n) is 2.22. The molecule has 0 aromatic carbocycles. The van der Waals surface area contributed by atoms with E-state index in [0.29, 0.717) is 0 Å². The van der Waals surface area contributed by atoms with Crippen LogP contribution < -0.4 is 5.73 Å². The maximum absolute atomic E-state index is 6.23. The molecule has 1 aromatic heterocycles. The van der Waals surface area contributed by atoms with E-state index in [4.69, 9.17) is 5.73 Å². The van der Waals surface area contributed by atoms with Crippen LogP contribution in [0.4, 0.5) is 0 Å². The van der Waals surface area contributed by atoms with Gasteiger partial charge >= 0.3 is 0 Å². The Morgan fingerprint density at radius 1 is 1.28 bits per heavy atom. The minimum Gasteiger partial charge on any atom is -0.327 e. The SMILES string of the molecule is CCCCCC(N)Cc1c(Br)c(CC)nn1CC. The van der Waals surface area contributed by atoms with Crippen LogP contribution in [0.25, 0.3) is 0 Å². The minimum atomic E-state index is 0.250. The lowest BCUT2D eigenvalue weighted by atomic mass is 10.0. The Kier molecular flexibility index (Phi) is 6.94. The third-order valence-electron chi connectivity index (χ3n) is 3.33. The molecule has 2 N–H and O–H groups in total. The molecule has 0 bridgehead atoms. The average Bonchev–Trinajstić information content (AvgIpc) is 2.66. The van der Waals surface area contributed by atoms with Crippen molar-refractivity contribution in [2.24, 2.45) is 5.73 Å². The molecule has 0 amide bonds. The number of nitrogens with zero attached hydrogens (tertiary/aromatic N) is 2. The smallest absolute Gasteiger partial charge is 0.0766 e. The summed E-state index contributed by atoms with van der Waals surface area (Å²) < 4.78 is 3.25. The lowest BCUT2D eigenvalue weighted by molar-refractivity contribution is 0.526. The zero-order valence-electron chi connectivity index (χ0n) is 11.9. The van der Waals surface area contributed by atoms with E-state index >= 15 is 0 Å². The molecule has 0 saturated heterocycles. The molecule has 1 rings (SSSR count). The van der Waals surface area contributed by atoms with Crippen LogP contribution in [0.15, 0.2) is 4.47 Å². The molecule has 18 heavy (non-hydrogen) atoms. The first-order valence-electron chi connectivity index (χ1n) is 7.13. The van der Waals surface area contributed by atoms with Gasteiger partial charge in [0.15, 0.2) is 0 Å². The summed E-state index contributed by atoms with van der Waals surface area (Å²) in [5, 5.41) is 4.61. The molecule has 0 saturated carbocycles. The van der Waals surface area contributed by atoms with Gasteiger partial charge in [-0.1, -0.05) is 33.1 Å². The molecule has 0 aliphatic rings. The van der Waals surface area contributed by atoms with Crippen LogP contribution in [0, 0.1) is 0 Å². The second kappa shape index (κ2) is 7.95. The third-order valence-corrected chi connectivity index (χ3v) is 4.24. The summed E-state index contributed by atoms with van der Waals surface area (Å²) in [6.07, 6.45) is 6.76. The van der Waals surface area contributed by atoms with E-state index in [-0.39, 0.29) is 6.04 Å². The van der Waals surface area contributed by atoms with Gasteiger partial charge in [0.05, 0.1) is 15.9 Å². The molecule has 0 radical (unpaired) electrons. The van der Waals surface area contributed by atoms with Crippen molar-refractivity contribution in [3.63, 3.8) is 0 Å². The molecular weight excluding hydrogens is 290 g/mol. The first-order valence-corrected chi connectivity index (χ1v) is 7.92. The Hall–Kier alpha value is -0.350. The molecule has 1 unspecified atom stereocenters. The molecule has 0 spiro atoms. The molecule has 1 aromatic rings. The number of aromatic nitrogens is 2. The van der Waals surface area contributed by atoms with Crippen molar-refractivity contribution < 1.29 is 0 Å². The van der Waals surface area contributed by atoms with Crippen molar-refractivity contribution in [2.45, 2.75) is 71.9 Å². The highest BCUT2D eigenvalue weighted by Gasteiger charge is 2.16. The van der Waals surface area contributed by atoms with Gasteiger partial charge in [-0.05, 0) is 35.7 Å². The minimum absolute atomic E-state index is 0.250. The van der Waals surface area contributed by atoms with Crippen molar-refractivity contribution in [3.05, 3.63) is 15.9 Å². The number of nitrogens with two attached hydrogens (primary N) is 1. The van der Waals surface area contributed by atoms with E-state index in [1.807, 2.05) is 0 Å². The zero-order valence-corrected chi connectivity index (χ0v) is 13.5. The van der Waals surface area contributed by atoms with Crippen LogP contribution in [0.3, 0.4) is 0 Å². The summed E-state index contributed by atoms with van der Waals surface area (Å²) in [5.41, 5.74) is 8.64. The highest BCUT2D eigenvalue weighted by Crippen LogP contribution is 2.24. The number of halogens is 1. The van der Waals surface area contributed by atoms with E-state index in [1.54, 1.807) is 0 Å². The second-order valence-corrected chi connectivity index (χ2v) is 5.63. The molecule has 104 valence electrons. The lowest BCUT2D eigenvalue weighted by Crippen LogP contribution is -2.24. The molecule has 1 heterocycles. The monoisotopic (exact) mass is 315 g/mol. The summed E-state index contributed by atoms with van der Waals surface area (Å²) in [6.45, 7) is 7.40. The average molecular weight is 316 g/mol. The van der Waals surface area contributed by atoms with Crippen molar-refractivity contribution in [1.82, 2.24) is 9.78 Å². The van der Waals surface area contributed by atoms with E-state index in [1.165, 1.54) is 25.0 Å². The number of hydrogen-bond acceptors (Lipinski definition) is 2. The molecular formula is C14H26BrN3. The number of unbranched alkanes of at least 4 members (excludes halogenated alkanes) is 2. The van der Waals surface area contributed by atoms with Gasteiger partial charge < -0.3 is 5.73 Å². The van der Waals surface area contributed by atoms with Gasteiger partial charge in [0.1, 0.15) is 0 Å². The van der Waals surface area contributed by atoms with Gasteiger partial charge in [0, 0.05) is 19.0 Å². The van der Waals surface area contributed by atoms with E-state index in [0.717, 1.165) is 36.0 Å². The summed E-state index contributed by atoms with van der Waals surface area (Å²) in [4.78, 5) is 0. The first kappa shape index (κ1) is 15.7. The third kappa shape index (κ3) is 4.09. The number of rotatable bonds is 8. The summed E-state index contributed by atoms with van der Waals surface area (Å²) in [5.74, 6) is 0. The Balaban J connectivity index is 2.67. The highest BCUT2D eigenvalue weighted by atomic mass is 79.9. The van der Waals surface area contributed by atoms with Crippen LogP contribution in [-0.2, 0) is 19.4 Å². The maximum Gasteiger partial charge on any atom is 0.0766 e. The number of hydrogen-bond donors (Lipinski definition) is 1.